The second-order valence-electron chi connectivity index (χ2n) is 7.23. The van der Waals surface area contributed by atoms with Crippen molar-refractivity contribution in [3.05, 3.63) is 59.8 Å². The van der Waals surface area contributed by atoms with E-state index >= 15 is 0 Å². The van der Waals surface area contributed by atoms with E-state index < -0.39 is 0 Å². The van der Waals surface area contributed by atoms with E-state index in [1.807, 2.05) is 54.6 Å². The normalized spacial score (nSPS) is 15.5. The molecule has 156 valence electrons. The first kappa shape index (κ1) is 21.8. The Morgan fingerprint density at radius 3 is 2.67 bits per heavy atom. The Morgan fingerprint density at radius 2 is 1.87 bits per heavy atom. The number of likely N-dealkylation sites (N-methyl/N-ethyl adjacent to an activating group) is 1. The van der Waals surface area contributed by atoms with Gasteiger partial charge in [0.15, 0.2) is 5.58 Å². The molecule has 7 heteroatoms. The van der Waals surface area contributed by atoms with E-state index in [0.29, 0.717) is 23.5 Å². The molecule has 0 aliphatic carbocycles. The highest BCUT2D eigenvalue weighted by molar-refractivity contribution is 5.99. The molecule has 3 aromatic rings. The first-order valence-corrected chi connectivity index (χ1v) is 9.84. The predicted molar refractivity (Wildman–Crippen MR) is 121 cm³/mol. The summed E-state index contributed by atoms with van der Waals surface area (Å²) in [7, 11) is 2.15. The molecule has 0 bridgehead atoms. The number of nitriles is 1. The Hall–Kier alpha value is -2.85. The van der Waals surface area contributed by atoms with E-state index in [1.165, 1.54) is 0 Å². The number of rotatable bonds is 6. The quantitative estimate of drug-likeness (QED) is 0.558. The second-order valence-corrected chi connectivity index (χ2v) is 7.23. The number of benzene rings is 2. The van der Waals surface area contributed by atoms with Crippen LogP contribution in [0, 0.1) is 11.3 Å². The average molecular weight is 425 g/mol. The molecular formula is C23H25ClN4O2. The van der Waals surface area contributed by atoms with Gasteiger partial charge < -0.3 is 14.2 Å². The van der Waals surface area contributed by atoms with Crippen LogP contribution in [0.2, 0.25) is 0 Å². The van der Waals surface area contributed by atoms with Crippen molar-refractivity contribution in [1.82, 2.24) is 15.0 Å². The van der Waals surface area contributed by atoms with Gasteiger partial charge >= 0.3 is 0 Å². The number of para-hydroxylation sites is 2. The van der Waals surface area contributed by atoms with Gasteiger partial charge in [0.05, 0.1) is 11.0 Å². The van der Waals surface area contributed by atoms with Crippen LogP contribution in [0.4, 0.5) is 0 Å². The number of allylic oxidation sites excluding steroid dienone is 1. The number of ether oxygens (including phenoxy) is 1. The molecule has 0 radical (unpaired) electrons. The fourth-order valence-electron chi connectivity index (χ4n) is 3.48. The number of halogens is 1. The topological polar surface area (TPSA) is 65.5 Å². The molecule has 0 unspecified atom stereocenters. The van der Waals surface area contributed by atoms with Crippen molar-refractivity contribution in [1.29, 1.82) is 5.26 Å². The van der Waals surface area contributed by atoms with E-state index in [-0.39, 0.29) is 12.4 Å². The summed E-state index contributed by atoms with van der Waals surface area (Å²) in [6.07, 6.45) is 1.81. The Morgan fingerprint density at radius 1 is 1.13 bits per heavy atom. The largest absolute Gasteiger partial charge is 0.492 e. The van der Waals surface area contributed by atoms with Crippen molar-refractivity contribution in [2.75, 3.05) is 46.4 Å². The van der Waals surface area contributed by atoms with Crippen molar-refractivity contribution in [2.24, 2.45) is 0 Å². The molecule has 0 atom stereocenters. The minimum absolute atomic E-state index is 0. The molecule has 1 fully saturated rings. The summed E-state index contributed by atoms with van der Waals surface area (Å²) >= 11 is 0. The van der Waals surface area contributed by atoms with Crippen LogP contribution in [-0.2, 0) is 0 Å². The summed E-state index contributed by atoms with van der Waals surface area (Å²) in [6.45, 7) is 5.83. The van der Waals surface area contributed by atoms with Crippen molar-refractivity contribution in [3.63, 3.8) is 0 Å². The Balaban J connectivity index is 0.00000256. The average Bonchev–Trinajstić information content (AvgIpc) is 3.18. The molecule has 0 amide bonds. The lowest BCUT2D eigenvalue weighted by atomic mass is 10.1. The number of hydrogen-bond acceptors (Lipinski definition) is 6. The Labute approximate surface area is 182 Å². The van der Waals surface area contributed by atoms with E-state index in [1.54, 1.807) is 0 Å². The monoisotopic (exact) mass is 424 g/mol. The van der Waals surface area contributed by atoms with Crippen molar-refractivity contribution >= 4 is 35.0 Å². The molecule has 1 aliphatic rings. The standard InChI is InChI=1S/C23H24N4O2.ClH/c1-26-10-12-27(13-11-26)14-15-28-21-8-4-2-6-18(21)16-19(17-24)23-20-7-3-5-9-22(20)29-25-23;/h2-9,16H,10-15H2,1H3;1H/b19-16+;. The van der Waals surface area contributed by atoms with Crippen molar-refractivity contribution in [2.45, 2.75) is 0 Å². The highest BCUT2D eigenvalue weighted by atomic mass is 35.5. The summed E-state index contributed by atoms with van der Waals surface area (Å²) in [5.74, 6) is 0.766. The van der Waals surface area contributed by atoms with Gasteiger partial charge in [0.2, 0.25) is 0 Å². The molecule has 30 heavy (non-hydrogen) atoms. The number of hydrogen-bond donors (Lipinski definition) is 0. The maximum absolute atomic E-state index is 9.73. The van der Waals surface area contributed by atoms with E-state index in [4.69, 9.17) is 9.26 Å². The third kappa shape index (κ3) is 5.00. The van der Waals surface area contributed by atoms with Gasteiger partial charge in [-0.15, -0.1) is 12.4 Å². The van der Waals surface area contributed by atoms with E-state index in [9.17, 15) is 5.26 Å². The third-order valence-corrected chi connectivity index (χ3v) is 5.23. The maximum atomic E-state index is 9.73. The zero-order chi connectivity index (χ0) is 20.1. The van der Waals surface area contributed by atoms with Crippen LogP contribution in [0.25, 0.3) is 22.6 Å². The van der Waals surface area contributed by atoms with Gasteiger partial charge in [-0.25, -0.2) is 0 Å². The smallest absolute Gasteiger partial charge is 0.167 e. The molecule has 1 aliphatic heterocycles. The van der Waals surface area contributed by atoms with Crippen molar-refractivity contribution < 1.29 is 9.26 Å². The molecule has 0 N–H and O–H groups in total. The molecule has 2 heterocycles. The van der Waals surface area contributed by atoms with Crippen LogP contribution in [-0.4, -0.2) is 61.3 Å². The van der Waals surface area contributed by atoms with Gasteiger partial charge in [-0.05, 0) is 31.3 Å². The fourth-order valence-corrected chi connectivity index (χ4v) is 3.48. The van der Waals surface area contributed by atoms with Crippen LogP contribution in [0.1, 0.15) is 11.3 Å². The Bertz CT molecular complexity index is 1050. The lowest BCUT2D eigenvalue weighted by Crippen LogP contribution is -2.45. The summed E-state index contributed by atoms with van der Waals surface area (Å²) in [4.78, 5) is 4.76. The van der Waals surface area contributed by atoms with Gasteiger partial charge in [-0.2, -0.15) is 5.26 Å². The van der Waals surface area contributed by atoms with Gasteiger partial charge in [0, 0.05) is 38.3 Å². The van der Waals surface area contributed by atoms with E-state index in [2.05, 4.69) is 28.1 Å². The van der Waals surface area contributed by atoms with Gasteiger partial charge in [-0.1, -0.05) is 35.5 Å². The minimum atomic E-state index is 0. The minimum Gasteiger partial charge on any atom is -0.492 e. The fraction of sp³-hybridized carbons (Fsp3) is 0.304. The molecule has 4 rings (SSSR count). The first-order valence-electron chi connectivity index (χ1n) is 9.84. The number of piperazine rings is 1. The lowest BCUT2D eigenvalue weighted by Gasteiger charge is -2.32. The molecule has 0 saturated carbocycles. The molecule has 6 nitrogen and oxygen atoms in total. The van der Waals surface area contributed by atoms with Crippen LogP contribution < -0.4 is 4.74 Å². The molecule has 1 aromatic heterocycles. The summed E-state index contributed by atoms with van der Waals surface area (Å²) in [5, 5.41) is 14.7. The summed E-state index contributed by atoms with van der Waals surface area (Å²) in [6, 6.07) is 17.6. The van der Waals surface area contributed by atoms with Crippen LogP contribution in [0.3, 0.4) is 0 Å². The first-order chi connectivity index (χ1) is 14.2. The maximum Gasteiger partial charge on any atom is 0.167 e. The molecule has 2 aromatic carbocycles. The predicted octanol–water partition coefficient (Wildman–Crippen LogP) is 3.94. The SMILES string of the molecule is CN1CCN(CCOc2ccccc2/C=C(\C#N)c2noc3ccccc23)CC1.Cl. The number of nitrogens with zero attached hydrogens (tertiary/aromatic N) is 4. The molecule has 0 spiro atoms. The van der Waals surface area contributed by atoms with Crippen molar-refractivity contribution in [3.8, 4) is 11.8 Å². The van der Waals surface area contributed by atoms with Gasteiger partial charge in [-0.3, -0.25) is 4.90 Å². The van der Waals surface area contributed by atoms with Crippen LogP contribution in [0.5, 0.6) is 5.75 Å². The van der Waals surface area contributed by atoms with Gasteiger partial charge in [0.25, 0.3) is 0 Å². The molecule has 1 saturated heterocycles. The summed E-state index contributed by atoms with van der Waals surface area (Å²) < 4.78 is 11.4. The van der Waals surface area contributed by atoms with Crippen LogP contribution >= 0.6 is 12.4 Å². The summed E-state index contributed by atoms with van der Waals surface area (Å²) in [5.41, 5.74) is 2.52. The zero-order valence-corrected chi connectivity index (χ0v) is 17.8. The zero-order valence-electron chi connectivity index (χ0n) is 17.0. The number of fused-ring (bicyclic) bond motifs is 1. The van der Waals surface area contributed by atoms with Gasteiger partial charge in [0.1, 0.15) is 24.1 Å². The second kappa shape index (κ2) is 10.3. The number of aromatic nitrogens is 1. The highest BCUT2D eigenvalue weighted by Crippen LogP contribution is 2.28. The Kier molecular flexibility index (Phi) is 7.47. The molecular weight excluding hydrogens is 400 g/mol. The van der Waals surface area contributed by atoms with Crippen LogP contribution in [0.15, 0.2) is 53.1 Å². The third-order valence-electron chi connectivity index (χ3n) is 5.23. The van der Waals surface area contributed by atoms with E-state index in [0.717, 1.165) is 49.4 Å². The highest BCUT2D eigenvalue weighted by Gasteiger charge is 2.15. The lowest BCUT2D eigenvalue weighted by molar-refractivity contribution is 0.133.